The van der Waals surface area contributed by atoms with Gasteiger partial charge in [0.15, 0.2) is 0 Å². The van der Waals surface area contributed by atoms with Crippen molar-refractivity contribution in [3.8, 4) is 11.3 Å². The molecule has 1 saturated carbocycles. The van der Waals surface area contributed by atoms with E-state index in [1.165, 1.54) is 6.21 Å². The van der Waals surface area contributed by atoms with Gasteiger partial charge in [-0.05, 0) is 48.9 Å². The summed E-state index contributed by atoms with van der Waals surface area (Å²) < 4.78 is 5.77. The number of carbonyl (C=O) groups is 2. The zero-order valence-electron chi connectivity index (χ0n) is 14.6. The molecule has 6 heteroatoms. The summed E-state index contributed by atoms with van der Waals surface area (Å²) in [6.07, 6.45) is 6.46. The van der Waals surface area contributed by atoms with Crippen LogP contribution >= 0.6 is 11.6 Å². The highest BCUT2D eigenvalue weighted by molar-refractivity contribution is 6.31. The van der Waals surface area contributed by atoms with Crippen LogP contribution in [-0.4, -0.2) is 23.0 Å². The van der Waals surface area contributed by atoms with E-state index in [2.05, 4.69) is 17.3 Å². The third kappa shape index (κ3) is 2.49. The van der Waals surface area contributed by atoms with Gasteiger partial charge in [0.1, 0.15) is 11.5 Å². The number of carbonyl (C=O) groups excluding carboxylic acids is 2. The fourth-order valence-corrected chi connectivity index (χ4v) is 4.62. The van der Waals surface area contributed by atoms with Crippen LogP contribution in [0.15, 0.2) is 52.0 Å². The number of furan rings is 1. The Labute approximate surface area is 161 Å². The highest BCUT2D eigenvalue weighted by atomic mass is 35.5. The van der Waals surface area contributed by atoms with E-state index >= 15 is 0 Å². The Balaban J connectivity index is 1.36. The van der Waals surface area contributed by atoms with Gasteiger partial charge in [-0.2, -0.15) is 10.1 Å². The average molecular weight is 381 g/mol. The maximum absolute atomic E-state index is 12.6. The van der Waals surface area contributed by atoms with Gasteiger partial charge in [-0.1, -0.05) is 35.9 Å². The van der Waals surface area contributed by atoms with Gasteiger partial charge in [-0.3, -0.25) is 9.59 Å². The van der Waals surface area contributed by atoms with E-state index in [4.69, 9.17) is 16.0 Å². The molecular weight excluding hydrogens is 364 g/mol. The summed E-state index contributed by atoms with van der Waals surface area (Å²) in [4.78, 5) is 25.2. The molecule has 2 aliphatic carbocycles. The lowest BCUT2D eigenvalue weighted by Gasteiger charge is -2.13. The van der Waals surface area contributed by atoms with Gasteiger partial charge >= 0.3 is 0 Å². The van der Waals surface area contributed by atoms with Gasteiger partial charge in [0, 0.05) is 10.6 Å². The second-order valence-electron chi connectivity index (χ2n) is 7.40. The summed E-state index contributed by atoms with van der Waals surface area (Å²) >= 11 is 6.17. The van der Waals surface area contributed by atoms with Crippen molar-refractivity contribution in [3.05, 3.63) is 58.8 Å². The molecule has 136 valence electrons. The summed E-state index contributed by atoms with van der Waals surface area (Å²) in [6.45, 7) is 1.94. The summed E-state index contributed by atoms with van der Waals surface area (Å²) in [6, 6.07) is 9.27. The van der Waals surface area contributed by atoms with E-state index in [1.54, 1.807) is 6.07 Å². The Morgan fingerprint density at radius 1 is 1.11 bits per heavy atom. The fourth-order valence-electron chi connectivity index (χ4n) is 4.44. The van der Waals surface area contributed by atoms with Crippen LogP contribution in [0.3, 0.4) is 0 Å². The van der Waals surface area contributed by atoms with E-state index < -0.39 is 0 Å². The number of hydrogen-bond acceptors (Lipinski definition) is 4. The molecule has 1 aliphatic heterocycles. The van der Waals surface area contributed by atoms with Crippen LogP contribution in [0.2, 0.25) is 5.02 Å². The number of halogens is 1. The third-order valence-electron chi connectivity index (χ3n) is 5.83. The van der Waals surface area contributed by atoms with Gasteiger partial charge in [-0.15, -0.1) is 0 Å². The highest BCUT2D eigenvalue weighted by Crippen LogP contribution is 2.52. The topological polar surface area (TPSA) is 62.9 Å². The number of benzene rings is 1. The molecule has 1 saturated heterocycles. The first-order chi connectivity index (χ1) is 13.0. The number of hydrazone groups is 1. The average Bonchev–Trinajstić information content (AvgIpc) is 3.41. The van der Waals surface area contributed by atoms with Crippen molar-refractivity contribution in [2.24, 2.45) is 28.8 Å². The second kappa shape index (κ2) is 5.92. The van der Waals surface area contributed by atoms with Crippen molar-refractivity contribution < 1.29 is 14.0 Å². The molecule has 1 aromatic carbocycles. The van der Waals surface area contributed by atoms with E-state index in [-0.39, 0.29) is 35.5 Å². The number of rotatable bonds is 3. The fraction of sp³-hybridized carbons (Fsp3) is 0.286. The molecule has 27 heavy (non-hydrogen) atoms. The number of amides is 2. The third-order valence-corrected chi connectivity index (χ3v) is 6.24. The smallest absolute Gasteiger partial charge is 0.254 e. The molecule has 5 nitrogen and oxygen atoms in total. The SMILES string of the molecule is Cc1ccc(-c2ccc(C=NN3C(=O)C4C5C=CC(C5)C4C3=O)o2)cc1Cl. The highest BCUT2D eigenvalue weighted by Gasteiger charge is 2.59. The van der Waals surface area contributed by atoms with Crippen molar-refractivity contribution in [2.45, 2.75) is 13.3 Å². The number of allylic oxidation sites excluding steroid dienone is 2. The van der Waals surface area contributed by atoms with Gasteiger partial charge in [0.2, 0.25) is 0 Å². The van der Waals surface area contributed by atoms with Crippen molar-refractivity contribution in [1.82, 2.24) is 5.01 Å². The predicted octanol–water partition coefficient (Wildman–Crippen LogP) is 4.05. The van der Waals surface area contributed by atoms with E-state index in [0.29, 0.717) is 16.5 Å². The maximum Gasteiger partial charge on any atom is 0.254 e. The number of fused-ring (bicyclic) bond motifs is 5. The molecule has 3 aliphatic rings. The lowest BCUT2D eigenvalue weighted by atomic mass is 9.85. The molecule has 0 N–H and O–H groups in total. The molecule has 5 rings (SSSR count). The van der Waals surface area contributed by atoms with Crippen LogP contribution in [0.25, 0.3) is 11.3 Å². The van der Waals surface area contributed by atoms with E-state index in [9.17, 15) is 9.59 Å². The molecule has 0 spiro atoms. The Morgan fingerprint density at radius 3 is 2.48 bits per heavy atom. The minimum Gasteiger partial charge on any atom is -0.455 e. The summed E-state index contributed by atoms with van der Waals surface area (Å²) in [5.74, 6) is 0.594. The quantitative estimate of drug-likeness (QED) is 0.458. The molecule has 4 unspecified atom stereocenters. The molecule has 1 aromatic heterocycles. The Hall–Kier alpha value is -2.66. The predicted molar refractivity (Wildman–Crippen MR) is 101 cm³/mol. The summed E-state index contributed by atoms with van der Waals surface area (Å²) in [5.41, 5.74) is 1.85. The van der Waals surface area contributed by atoms with Gasteiger partial charge in [0.05, 0.1) is 18.1 Å². The second-order valence-corrected chi connectivity index (χ2v) is 7.81. The summed E-state index contributed by atoms with van der Waals surface area (Å²) in [5, 5.41) is 5.82. The van der Waals surface area contributed by atoms with E-state index in [0.717, 1.165) is 22.6 Å². The van der Waals surface area contributed by atoms with E-state index in [1.807, 2.05) is 31.2 Å². The monoisotopic (exact) mass is 380 g/mol. The number of aryl methyl sites for hydroxylation is 1. The lowest BCUT2D eigenvalue weighted by molar-refractivity contribution is -0.140. The first kappa shape index (κ1) is 16.5. The van der Waals surface area contributed by atoms with Crippen LogP contribution in [-0.2, 0) is 9.59 Å². The normalized spacial score (nSPS) is 28.7. The van der Waals surface area contributed by atoms with Crippen molar-refractivity contribution >= 4 is 29.6 Å². The Bertz CT molecular complexity index is 992. The van der Waals surface area contributed by atoms with Crippen molar-refractivity contribution in [1.29, 1.82) is 0 Å². The van der Waals surface area contributed by atoms with Crippen LogP contribution < -0.4 is 0 Å². The molecular formula is C21H17ClN2O3. The summed E-state index contributed by atoms with van der Waals surface area (Å²) in [7, 11) is 0. The van der Waals surface area contributed by atoms with Crippen LogP contribution in [0, 0.1) is 30.6 Å². The molecule has 2 aromatic rings. The zero-order valence-corrected chi connectivity index (χ0v) is 15.4. The van der Waals surface area contributed by atoms with Gasteiger partial charge < -0.3 is 4.42 Å². The molecule has 2 heterocycles. The largest absolute Gasteiger partial charge is 0.455 e. The Kier molecular flexibility index (Phi) is 3.62. The van der Waals surface area contributed by atoms with Crippen LogP contribution in [0.4, 0.5) is 0 Å². The van der Waals surface area contributed by atoms with Crippen LogP contribution in [0.1, 0.15) is 17.7 Å². The maximum atomic E-state index is 12.6. The van der Waals surface area contributed by atoms with Crippen LogP contribution in [0.5, 0.6) is 0 Å². The molecule has 2 amide bonds. The molecule has 2 fully saturated rings. The molecule has 0 radical (unpaired) electrons. The zero-order chi connectivity index (χ0) is 18.7. The van der Waals surface area contributed by atoms with Crippen molar-refractivity contribution in [3.63, 3.8) is 0 Å². The van der Waals surface area contributed by atoms with Gasteiger partial charge in [-0.25, -0.2) is 0 Å². The standard InChI is InChI=1S/C21H17ClN2O3/c1-11-2-3-12(9-16(11)22)17-7-6-15(27-17)10-23-24-20(25)18-13-4-5-14(8-13)19(18)21(24)26/h2-7,9-10,13-14,18-19H,8H2,1H3. The molecule has 4 atom stereocenters. The van der Waals surface area contributed by atoms with Crippen molar-refractivity contribution in [2.75, 3.05) is 0 Å². The van der Waals surface area contributed by atoms with Gasteiger partial charge in [0.25, 0.3) is 11.8 Å². The first-order valence-corrected chi connectivity index (χ1v) is 9.37. The number of nitrogens with zero attached hydrogens (tertiary/aromatic N) is 2. The lowest BCUT2D eigenvalue weighted by Crippen LogP contribution is -2.28. The number of imide groups is 1. The minimum atomic E-state index is -0.244. The minimum absolute atomic E-state index is 0.179. The number of hydrogen-bond donors (Lipinski definition) is 0. The molecule has 2 bridgehead atoms. The Morgan fingerprint density at radius 2 is 1.81 bits per heavy atom. The first-order valence-electron chi connectivity index (χ1n) is 8.99.